The highest BCUT2D eigenvalue weighted by Crippen LogP contribution is 2.29. The second kappa shape index (κ2) is 12.5. The van der Waals surface area contributed by atoms with E-state index in [0.29, 0.717) is 18.9 Å². The van der Waals surface area contributed by atoms with E-state index in [4.69, 9.17) is 20.4 Å². The minimum Gasteiger partial charge on any atom is -0.475 e. The number of nitro groups is 1. The summed E-state index contributed by atoms with van der Waals surface area (Å²) in [5.41, 5.74) is 7.36. The Kier molecular flexibility index (Phi) is 9.16. The van der Waals surface area contributed by atoms with Crippen molar-refractivity contribution in [2.24, 2.45) is 5.73 Å². The molecule has 1 aliphatic heterocycles. The summed E-state index contributed by atoms with van der Waals surface area (Å²) in [6, 6.07) is 14.1. The molecule has 2 aromatic carbocycles. The van der Waals surface area contributed by atoms with E-state index < -0.39 is 23.0 Å². The largest absolute Gasteiger partial charge is 0.490 e. The van der Waals surface area contributed by atoms with Crippen molar-refractivity contribution >= 4 is 46.4 Å². The van der Waals surface area contributed by atoms with E-state index in [-0.39, 0.29) is 23.0 Å². The number of carbonyl (C=O) groups excluding carboxylic acids is 1. The number of hydrogen-bond donors (Lipinski definition) is 4. The van der Waals surface area contributed by atoms with Gasteiger partial charge in [-0.25, -0.2) is 9.78 Å². The number of rotatable bonds is 7. The SMILES string of the molecule is NC(=O)c1ccccc1Nc1nc(Nc2ccc(N3CCOCC3)cc2)ncc1[N+](=O)[O-].O=C(O)C(F)(F)F. The Morgan fingerprint density at radius 3 is 2.26 bits per heavy atom. The summed E-state index contributed by atoms with van der Waals surface area (Å²) < 4.78 is 37.1. The number of halogens is 3. The quantitative estimate of drug-likeness (QED) is 0.250. The number of carboxylic acids is 1. The lowest BCUT2D eigenvalue weighted by Crippen LogP contribution is -2.36. The van der Waals surface area contributed by atoms with Gasteiger partial charge < -0.3 is 31.1 Å². The molecule has 16 heteroatoms. The van der Waals surface area contributed by atoms with Crippen LogP contribution in [0, 0.1) is 10.1 Å². The van der Waals surface area contributed by atoms with Gasteiger partial charge in [0, 0.05) is 24.5 Å². The van der Waals surface area contributed by atoms with Crippen LogP contribution < -0.4 is 21.3 Å². The molecule has 1 aliphatic rings. The van der Waals surface area contributed by atoms with Crippen molar-refractivity contribution < 1.29 is 37.5 Å². The molecule has 0 aliphatic carbocycles. The van der Waals surface area contributed by atoms with Crippen molar-refractivity contribution in [2.45, 2.75) is 6.18 Å². The van der Waals surface area contributed by atoms with Crippen molar-refractivity contribution in [3.63, 3.8) is 0 Å². The third kappa shape index (κ3) is 8.00. The monoisotopic (exact) mass is 549 g/mol. The van der Waals surface area contributed by atoms with Crippen LogP contribution in [0.5, 0.6) is 0 Å². The Bertz CT molecular complexity index is 1330. The van der Waals surface area contributed by atoms with Crippen LogP contribution in [0.1, 0.15) is 10.4 Å². The highest BCUT2D eigenvalue weighted by Gasteiger charge is 2.38. The maximum atomic E-state index is 11.7. The minimum absolute atomic E-state index is 0.0638. The number of amides is 1. The predicted octanol–water partition coefficient (Wildman–Crippen LogP) is 3.44. The molecule has 1 saturated heterocycles. The molecular weight excluding hydrogens is 527 g/mol. The summed E-state index contributed by atoms with van der Waals surface area (Å²) in [7, 11) is 0. The van der Waals surface area contributed by atoms with Crippen molar-refractivity contribution in [1.29, 1.82) is 0 Å². The second-order valence-corrected chi connectivity index (χ2v) is 7.79. The molecule has 0 atom stereocenters. The molecule has 1 aromatic heterocycles. The zero-order chi connectivity index (χ0) is 28.6. The fourth-order valence-electron chi connectivity index (χ4n) is 3.30. The number of primary amides is 1. The second-order valence-electron chi connectivity index (χ2n) is 7.79. The first kappa shape index (κ1) is 28.6. The van der Waals surface area contributed by atoms with Gasteiger partial charge in [-0.3, -0.25) is 14.9 Å². The van der Waals surface area contributed by atoms with E-state index in [2.05, 4.69) is 25.5 Å². The summed E-state index contributed by atoms with van der Waals surface area (Å²) >= 11 is 0. The minimum atomic E-state index is -5.08. The topological polar surface area (TPSA) is 186 Å². The number of nitrogens with two attached hydrogens (primary N) is 1. The molecule has 1 amide bonds. The number of hydrogen-bond acceptors (Lipinski definition) is 10. The molecular formula is C23H22F3N7O6. The van der Waals surface area contributed by atoms with Crippen molar-refractivity contribution in [1.82, 2.24) is 9.97 Å². The summed E-state index contributed by atoms with van der Waals surface area (Å²) in [4.78, 5) is 41.9. The molecule has 3 aromatic rings. The average Bonchev–Trinajstić information content (AvgIpc) is 2.89. The highest BCUT2D eigenvalue weighted by molar-refractivity contribution is 5.99. The average molecular weight is 549 g/mol. The number of carboxylic acid groups (broad SMARTS) is 1. The number of carbonyl (C=O) groups is 2. The molecule has 0 saturated carbocycles. The molecule has 0 unspecified atom stereocenters. The Labute approximate surface area is 218 Å². The smallest absolute Gasteiger partial charge is 0.475 e. The van der Waals surface area contributed by atoms with Gasteiger partial charge in [0.2, 0.25) is 11.8 Å². The molecule has 0 bridgehead atoms. The van der Waals surface area contributed by atoms with E-state index in [9.17, 15) is 28.1 Å². The van der Waals surface area contributed by atoms with Crippen LogP contribution in [0.4, 0.5) is 47.7 Å². The first-order chi connectivity index (χ1) is 18.5. The number of morpholine rings is 1. The first-order valence-corrected chi connectivity index (χ1v) is 11.1. The van der Waals surface area contributed by atoms with Crippen LogP contribution in [-0.2, 0) is 9.53 Å². The predicted molar refractivity (Wildman–Crippen MR) is 133 cm³/mol. The highest BCUT2D eigenvalue weighted by atomic mass is 19.4. The molecule has 13 nitrogen and oxygen atoms in total. The number of para-hydroxylation sites is 1. The number of nitrogens with zero attached hydrogens (tertiary/aromatic N) is 4. The van der Waals surface area contributed by atoms with E-state index in [1.165, 1.54) is 6.07 Å². The number of aliphatic carboxylic acids is 1. The van der Waals surface area contributed by atoms with Gasteiger partial charge in [0.05, 0.1) is 29.4 Å². The molecule has 206 valence electrons. The molecule has 2 heterocycles. The summed E-state index contributed by atoms with van der Waals surface area (Å²) in [6.07, 6.45) is -3.98. The summed E-state index contributed by atoms with van der Waals surface area (Å²) in [6.45, 7) is 3.07. The Balaban J connectivity index is 0.000000532. The van der Waals surface area contributed by atoms with Crippen LogP contribution >= 0.6 is 0 Å². The van der Waals surface area contributed by atoms with Crippen molar-refractivity contribution in [2.75, 3.05) is 41.8 Å². The standard InChI is InChI=1S/C21H21N7O4.C2HF3O2/c22-19(29)16-3-1-2-4-17(16)25-20-18(28(30)31)13-23-21(26-20)24-14-5-7-15(8-6-14)27-9-11-32-12-10-27;3-2(4,5)1(6)7/h1-8,13H,9-12H2,(H2,22,29)(H2,23,24,25,26);(H,6,7). The summed E-state index contributed by atoms with van der Waals surface area (Å²) in [5, 5.41) is 24.4. The molecule has 0 radical (unpaired) electrons. The van der Waals surface area contributed by atoms with Gasteiger partial charge in [-0.1, -0.05) is 12.1 Å². The number of benzene rings is 2. The Morgan fingerprint density at radius 2 is 1.69 bits per heavy atom. The van der Waals surface area contributed by atoms with Crippen LogP contribution in [-0.4, -0.2) is 64.4 Å². The van der Waals surface area contributed by atoms with Crippen molar-refractivity contribution in [3.05, 3.63) is 70.4 Å². The third-order valence-corrected chi connectivity index (χ3v) is 5.15. The number of anilines is 5. The molecule has 5 N–H and O–H groups in total. The van der Waals surface area contributed by atoms with Gasteiger partial charge >= 0.3 is 17.8 Å². The molecule has 1 fully saturated rings. The van der Waals surface area contributed by atoms with E-state index in [1.807, 2.05) is 24.3 Å². The van der Waals surface area contributed by atoms with Gasteiger partial charge in [0.15, 0.2) is 0 Å². The zero-order valence-corrected chi connectivity index (χ0v) is 20.0. The van der Waals surface area contributed by atoms with Gasteiger partial charge in [0.25, 0.3) is 5.91 Å². The number of alkyl halides is 3. The van der Waals surface area contributed by atoms with Gasteiger partial charge in [-0.15, -0.1) is 0 Å². The molecule has 4 rings (SSSR count). The van der Waals surface area contributed by atoms with Gasteiger partial charge in [-0.2, -0.15) is 18.2 Å². The maximum absolute atomic E-state index is 11.7. The number of aromatic nitrogens is 2. The lowest BCUT2D eigenvalue weighted by Gasteiger charge is -2.28. The lowest BCUT2D eigenvalue weighted by atomic mass is 10.1. The lowest BCUT2D eigenvalue weighted by molar-refractivity contribution is -0.384. The summed E-state index contributed by atoms with van der Waals surface area (Å²) in [5.74, 6) is -3.32. The third-order valence-electron chi connectivity index (χ3n) is 5.15. The van der Waals surface area contributed by atoms with Crippen molar-refractivity contribution in [3.8, 4) is 0 Å². The first-order valence-electron chi connectivity index (χ1n) is 11.1. The van der Waals surface area contributed by atoms with Gasteiger partial charge in [-0.05, 0) is 36.4 Å². The number of nitrogens with one attached hydrogen (secondary N) is 2. The number of ether oxygens (including phenoxy) is 1. The fourth-order valence-corrected chi connectivity index (χ4v) is 3.30. The van der Waals surface area contributed by atoms with Gasteiger partial charge in [0.1, 0.15) is 6.20 Å². The van der Waals surface area contributed by atoms with E-state index >= 15 is 0 Å². The maximum Gasteiger partial charge on any atom is 0.490 e. The molecule has 0 spiro atoms. The Hall–Kier alpha value is -4.99. The van der Waals surface area contributed by atoms with Crippen LogP contribution in [0.3, 0.4) is 0 Å². The van der Waals surface area contributed by atoms with Crippen LogP contribution in [0.2, 0.25) is 0 Å². The fraction of sp³-hybridized carbons (Fsp3) is 0.217. The normalized spacial score (nSPS) is 13.1. The van der Waals surface area contributed by atoms with E-state index in [1.54, 1.807) is 18.2 Å². The van der Waals surface area contributed by atoms with Crippen LogP contribution in [0.15, 0.2) is 54.7 Å². The van der Waals surface area contributed by atoms with Crippen LogP contribution in [0.25, 0.3) is 0 Å². The van der Waals surface area contributed by atoms with E-state index in [0.717, 1.165) is 30.7 Å². The molecule has 39 heavy (non-hydrogen) atoms. The Morgan fingerprint density at radius 1 is 1.08 bits per heavy atom. The zero-order valence-electron chi connectivity index (χ0n) is 20.0.